The van der Waals surface area contributed by atoms with E-state index in [-0.39, 0.29) is 5.91 Å². The highest BCUT2D eigenvalue weighted by Gasteiger charge is 2.16. The summed E-state index contributed by atoms with van der Waals surface area (Å²) in [5.41, 5.74) is 7.27. The van der Waals surface area contributed by atoms with E-state index in [9.17, 15) is 4.79 Å². The molecule has 1 aromatic rings. The number of hydrogen-bond acceptors (Lipinski definition) is 3. The normalized spacial score (nSPS) is 15.6. The van der Waals surface area contributed by atoms with Gasteiger partial charge >= 0.3 is 0 Å². The van der Waals surface area contributed by atoms with Crippen LogP contribution in [0.3, 0.4) is 0 Å². The monoisotopic (exact) mass is 278 g/mol. The molecule has 0 saturated heterocycles. The van der Waals surface area contributed by atoms with Gasteiger partial charge in [-0.15, -0.1) is 0 Å². The van der Waals surface area contributed by atoms with Crippen LogP contribution >= 0.6 is 11.8 Å². The largest absolute Gasteiger partial charge is 0.399 e. The number of amides is 1. The second-order valence-electron chi connectivity index (χ2n) is 5.21. The first-order valence-electron chi connectivity index (χ1n) is 6.86. The fourth-order valence-corrected chi connectivity index (χ4v) is 3.58. The molecule has 2 rings (SSSR count). The molecule has 3 nitrogen and oxygen atoms in total. The van der Waals surface area contributed by atoms with Crippen LogP contribution in [0.15, 0.2) is 24.3 Å². The van der Waals surface area contributed by atoms with E-state index in [0.29, 0.717) is 5.75 Å². The van der Waals surface area contributed by atoms with Crippen molar-refractivity contribution in [1.82, 2.24) is 0 Å². The minimum atomic E-state index is 0.160. The predicted molar refractivity (Wildman–Crippen MR) is 83.5 cm³/mol. The van der Waals surface area contributed by atoms with Crippen LogP contribution in [0, 0.1) is 5.92 Å². The third kappa shape index (κ3) is 4.16. The van der Waals surface area contributed by atoms with Gasteiger partial charge in [0.25, 0.3) is 0 Å². The van der Waals surface area contributed by atoms with Gasteiger partial charge in [-0.2, -0.15) is 11.8 Å². The van der Waals surface area contributed by atoms with Crippen LogP contribution in [-0.4, -0.2) is 24.5 Å². The number of hydrogen-bond donors (Lipinski definition) is 1. The summed E-state index contributed by atoms with van der Waals surface area (Å²) in [6.45, 7) is 0. The van der Waals surface area contributed by atoms with Crippen LogP contribution in [0.25, 0.3) is 0 Å². The van der Waals surface area contributed by atoms with Crippen LogP contribution in [-0.2, 0) is 4.79 Å². The first-order chi connectivity index (χ1) is 9.16. The lowest BCUT2D eigenvalue weighted by atomic mass is 10.1. The highest BCUT2D eigenvalue weighted by Crippen LogP contribution is 2.28. The van der Waals surface area contributed by atoms with Gasteiger partial charge in [0.05, 0.1) is 5.75 Å². The van der Waals surface area contributed by atoms with Crippen LogP contribution < -0.4 is 10.6 Å². The number of carbonyl (C=O) groups excluding carboxylic acids is 1. The van der Waals surface area contributed by atoms with Crippen molar-refractivity contribution < 1.29 is 4.79 Å². The lowest BCUT2D eigenvalue weighted by Gasteiger charge is -2.17. The quantitative estimate of drug-likeness (QED) is 0.842. The van der Waals surface area contributed by atoms with E-state index in [2.05, 4.69) is 0 Å². The summed E-state index contributed by atoms with van der Waals surface area (Å²) in [6, 6.07) is 7.42. The molecule has 0 radical (unpaired) electrons. The number of nitrogen functional groups attached to an aromatic ring is 1. The fourth-order valence-electron chi connectivity index (χ4n) is 2.43. The zero-order valence-corrected chi connectivity index (χ0v) is 12.3. The predicted octanol–water partition coefficient (Wildman–Crippen LogP) is 3.16. The molecule has 1 aliphatic carbocycles. The van der Waals surface area contributed by atoms with E-state index in [1.807, 2.05) is 31.3 Å². The summed E-state index contributed by atoms with van der Waals surface area (Å²) in [4.78, 5) is 13.8. The molecule has 0 unspecified atom stereocenters. The SMILES string of the molecule is CN(C(=O)CSCC1CCCC1)c1ccc(N)cc1. The van der Waals surface area contributed by atoms with Crippen molar-refractivity contribution >= 4 is 29.0 Å². The van der Waals surface area contributed by atoms with Crippen molar-refractivity contribution in [3.05, 3.63) is 24.3 Å². The second kappa shape index (κ2) is 6.85. The lowest BCUT2D eigenvalue weighted by molar-refractivity contribution is -0.115. The van der Waals surface area contributed by atoms with E-state index in [4.69, 9.17) is 5.73 Å². The van der Waals surface area contributed by atoms with Crippen molar-refractivity contribution in [3.63, 3.8) is 0 Å². The first kappa shape index (κ1) is 14.3. The van der Waals surface area contributed by atoms with Gasteiger partial charge in [0.1, 0.15) is 0 Å². The Balaban J connectivity index is 1.77. The molecule has 1 amide bonds. The molecule has 104 valence electrons. The summed E-state index contributed by atoms with van der Waals surface area (Å²) in [5.74, 6) is 2.69. The first-order valence-corrected chi connectivity index (χ1v) is 8.02. The summed E-state index contributed by atoms with van der Waals surface area (Å²) in [7, 11) is 1.82. The number of nitrogens with two attached hydrogens (primary N) is 1. The van der Waals surface area contributed by atoms with Gasteiger partial charge in [-0.05, 0) is 48.8 Å². The molecule has 4 heteroatoms. The average molecular weight is 278 g/mol. The third-order valence-corrected chi connectivity index (χ3v) is 4.87. The van der Waals surface area contributed by atoms with E-state index in [1.165, 1.54) is 25.7 Å². The van der Waals surface area contributed by atoms with E-state index in [0.717, 1.165) is 23.0 Å². The molecule has 1 aromatic carbocycles. The molecule has 0 aromatic heterocycles. The standard InChI is InChI=1S/C15H22N2OS/c1-17(14-8-6-13(16)7-9-14)15(18)11-19-10-12-4-2-3-5-12/h6-9,12H,2-5,10-11,16H2,1H3. The molecular formula is C15H22N2OS. The lowest BCUT2D eigenvalue weighted by Crippen LogP contribution is -2.28. The Morgan fingerprint density at radius 3 is 2.58 bits per heavy atom. The van der Waals surface area contributed by atoms with E-state index in [1.54, 1.807) is 16.7 Å². The number of benzene rings is 1. The smallest absolute Gasteiger partial charge is 0.236 e. The van der Waals surface area contributed by atoms with Crippen LogP contribution in [0.2, 0.25) is 0 Å². The number of thioether (sulfide) groups is 1. The summed E-state index contributed by atoms with van der Waals surface area (Å²) < 4.78 is 0. The number of carbonyl (C=O) groups is 1. The molecule has 0 heterocycles. The molecule has 19 heavy (non-hydrogen) atoms. The number of rotatable bonds is 5. The van der Waals surface area contributed by atoms with E-state index >= 15 is 0 Å². The van der Waals surface area contributed by atoms with Gasteiger partial charge in [-0.25, -0.2) is 0 Å². The Hall–Kier alpha value is -1.16. The topological polar surface area (TPSA) is 46.3 Å². The van der Waals surface area contributed by atoms with Crippen LogP contribution in [0.1, 0.15) is 25.7 Å². The Labute approximate surface area is 119 Å². The zero-order valence-electron chi connectivity index (χ0n) is 11.5. The van der Waals surface area contributed by atoms with Gasteiger partial charge in [-0.1, -0.05) is 12.8 Å². The summed E-state index contributed by atoms with van der Waals surface area (Å²) in [5, 5.41) is 0. The maximum absolute atomic E-state index is 12.1. The molecule has 1 saturated carbocycles. The van der Waals surface area contributed by atoms with Gasteiger partial charge in [-0.3, -0.25) is 4.79 Å². The molecule has 1 aliphatic rings. The van der Waals surface area contributed by atoms with Crippen molar-refractivity contribution in [2.24, 2.45) is 5.92 Å². The van der Waals surface area contributed by atoms with Gasteiger partial charge in [0.2, 0.25) is 5.91 Å². The van der Waals surface area contributed by atoms with Crippen molar-refractivity contribution in [1.29, 1.82) is 0 Å². The van der Waals surface area contributed by atoms with Crippen molar-refractivity contribution in [2.75, 3.05) is 29.2 Å². The third-order valence-electron chi connectivity index (χ3n) is 3.71. The minimum Gasteiger partial charge on any atom is -0.399 e. The molecular weight excluding hydrogens is 256 g/mol. The summed E-state index contributed by atoms with van der Waals surface area (Å²) >= 11 is 1.77. The van der Waals surface area contributed by atoms with Crippen molar-refractivity contribution in [3.8, 4) is 0 Å². The van der Waals surface area contributed by atoms with Gasteiger partial charge in [0, 0.05) is 18.4 Å². The second-order valence-corrected chi connectivity index (χ2v) is 6.24. The highest BCUT2D eigenvalue weighted by molar-refractivity contribution is 7.99. The molecule has 2 N–H and O–H groups in total. The van der Waals surface area contributed by atoms with Gasteiger partial charge in [0.15, 0.2) is 0 Å². The zero-order chi connectivity index (χ0) is 13.7. The highest BCUT2D eigenvalue weighted by atomic mass is 32.2. The van der Waals surface area contributed by atoms with Crippen LogP contribution in [0.4, 0.5) is 11.4 Å². The Morgan fingerprint density at radius 2 is 1.95 bits per heavy atom. The van der Waals surface area contributed by atoms with Crippen molar-refractivity contribution in [2.45, 2.75) is 25.7 Å². The van der Waals surface area contributed by atoms with E-state index < -0.39 is 0 Å². The van der Waals surface area contributed by atoms with Crippen LogP contribution in [0.5, 0.6) is 0 Å². The maximum atomic E-state index is 12.1. The molecule has 0 atom stereocenters. The Morgan fingerprint density at radius 1 is 1.32 bits per heavy atom. The Kier molecular flexibility index (Phi) is 5.14. The van der Waals surface area contributed by atoms with Gasteiger partial charge < -0.3 is 10.6 Å². The molecule has 0 bridgehead atoms. The number of nitrogens with zero attached hydrogens (tertiary/aromatic N) is 1. The Bertz CT molecular complexity index is 413. The summed E-state index contributed by atoms with van der Waals surface area (Å²) in [6.07, 6.45) is 5.42. The average Bonchev–Trinajstić information content (AvgIpc) is 2.92. The number of anilines is 2. The minimum absolute atomic E-state index is 0.160. The maximum Gasteiger partial charge on any atom is 0.236 e. The molecule has 0 aliphatic heterocycles. The molecule has 0 spiro atoms. The fraction of sp³-hybridized carbons (Fsp3) is 0.533. The molecule has 1 fully saturated rings.